The first-order valence-corrected chi connectivity index (χ1v) is 6.93. The molecule has 18 heavy (non-hydrogen) atoms. The number of hydrogen-bond acceptors (Lipinski definition) is 3. The summed E-state index contributed by atoms with van der Waals surface area (Å²) in [5, 5.41) is 7.30. The molecule has 1 aliphatic rings. The molecule has 2 rings (SSSR count). The van der Waals surface area contributed by atoms with E-state index in [0.29, 0.717) is 0 Å². The van der Waals surface area contributed by atoms with Gasteiger partial charge in [-0.3, -0.25) is 5.10 Å². The van der Waals surface area contributed by atoms with Crippen LogP contribution >= 0.6 is 0 Å². The molecule has 1 aromatic rings. The lowest BCUT2D eigenvalue weighted by molar-refractivity contribution is 0.173. The fraction of sp³-hybridized carbons (Fsp3) is 0.786. The predicted molar refractivity (Wildman–Crippen MR) is 72.8 cm³/mol. The maximum atomic E-state index is 5.41. The molecule has 2 heterocycles. The van der Waals surface area contributed by atoms with Crippen molar-refractivity contribution in [3.8, 4) is 0 Å². The topological polar surface area (TPSA) is 41.2 Å². The molecule has 0 amide bonds. The van der Waals surface area contributed by atoms with Crippen molar-refractivity contribution >= 4 is 0 Å². The van der Waals surface area contributed by atoms with E-state index in [1.54, 1.807) is 0 Å². The van der Waals surface area contributed by atoms with Gasteiger partial charge in [-0.05, 0) is 58.2 Å². The van der Waals surface area contributed by atoms with Gasteiger partial charge in [0.2, 0.25) is 0 Å². The predicted octanol–water partition coefficient (Wildman–Crippen LogP) is 1.93. The Balaban J connectivity index is 1.68. The second-order valence-corrected chi connectivity index (χ2v) is 5.51. The summed E-state index contributed by atoms with van der Waals surface area (Å²) in [7, 11) is 2.22. The van der Waals surface area contributed by atoms with Gasteiger partial charge in [0.1, 0.15) is 0 Å². The maximum absolute atomic E-state index is 5.41. The highest BCUT2D eigenvalue weighted by atomic mass is 16.5. The van der Waals surface area contributed by atoms with Crippen molar-refractivity contribution in [3.05, 3.63) is 17.0 Å². The largest absolute Gasteiger partial charge is 0.381 e. The molecule has 1 fully saturated rings. The quantitative estimate of drug-likeness (QED) is 0.840. The molecule has 1 atom stereocenters. The van der Waals surface area contributed by atoms with Crippen LogP contribution in [0.15, 0.2) is 0 Å². The molecule has 0 aromatic carbocycles. The molecule has 0 saturated carbocycles. The van der Waals surface area contributed by atoms with Crippen molar-refractivity contribution in [2.75, 3.05) is 33.4 Å². The van der Waals surface area contributed by atoms with E-state index in [4.69, 9.17) is 4.74 Å². The monoisotopic (exact) mass is 251 g/mol. The van der Waals surface area contributed by atoms with Crippen molar-refractivity contribution in [1.29, 1.82) is 0 Å². The second-order valence-electron chi connectivity index (χ2n) is 5.51. The van der Waals surface area contributed by atoms with E-state index in [2.05, 4.69) is 36.0 Å². The summed E-state index contributed by atoms with van der Waals surface area (Å²) in [6, 6.07) is 0. The summed E-state index contributed by atoms with van der Waals surface area (Å²) in [6.07, 6.45) is 3.55. The molecular formula is C14H25N3O. The Morgan fingerprint density at radius 1 is 1.44 bits per heavy atom. The Bertz CT molecular complexity index is 350. The number of aromatic amines is 1. The first-order valence-electron chi connectivity index (χ1n) is 6.93. The third kappa shape index (κ3) is 3.56. The van der Waals surface area contributed by atoms with E-state index in [1.807, 2.05) is 0 Å². The molecule has 102 valence electrons. The molecule has 1 N–H and O–H groups in total. The van der Waals surface area contributed by atoms with Crippen LogP contribution in [-0.4, -0.2) is 48.4 Å². The van der Waals surface area contributed by atoms with Crippen LogP contribution in [0, 0.1) is 19.8 Å². The summed E-state index contributed by atoms with van der Waals surface area (Å²) in [5.41, 5.74) is 3.77. The van der Waals surface area contributed by atoms with Crippen LogP contribution in [0.25, 0.3) is 0 Å². The van der Waals surface area contributed by atoms with Crippen LogP contribution < -0.4 is 0 Å². The van der Waals surface area contributed by atoms with Gasteiger partial charge in [0.25, 0.3) is 0 Å². The summed E-state index contributed by atoms with van der Waals surface area (Å²) in [4.78, 5) is 2.43. The van der Waals surface area contributed by atoms with Crippen LogP contribution in [-0.2, 0) is 11.2 Å². The molecular weight excluding hydrogens is 226 g/mol. The van der Waals surface area contributed by atoms with Gasteiger partial charge < -0.3 is 9.64 Å². The standard InChI is InChI=1S/C14H25N3O/c1-11-14(12(2)16-15-11)5-4-7-17(3)9-13-6-8-18-10-13/h13H,4-10H2,1-3H3,(H,15,16). The molecule has 0 bridgehead atoms. The number of ether oxygens (including phenoxy) is 1. The summed E-state index contributed by atoms with van der Waals surface area (Å²) in [5.74, 6) is 0.743. The van der Waals surface area contributed by atoms with Gasteiger partial charge in [0.05, 0.1) is 12.3 Å². The number of hydrogen-bond donors (Lipinski definition) is 1. The number of aryl methyl sites for hydroxylation is 2. The van der Waals surface area contributed by atoms with E-state index in [1.165, 1.54) is 30.6 Å². The van der Waals surface area contributed by atoms with Crippen LogP contribution in [0.1, 0.15) is 29.8 Å². The Morgan fingerprint density at radius 3 is 2.89 bits per heavy atom. The van der Waals surface area contributed by atoms with Crippen LogP contribution in [0.3, 0.4) is 0 Å². The number of H-pyrrole nitrogens is 1. The SMILES string of the molecule is Cc1n[nH]c(C)c1CCCN(C)CC1CCOC1. The summed E-state index contributed by atoms with van der Waals surface area (Å²) >= 11 is 0. The smallest absolute Gasteiger partial charge is 0.0625 e. The number of aromatic nitrogens is 2. The molecule has 1 aliphatic heterocycles. The third-order valence-electron chi connectivity index (χ3n) is 3.84. The minimum Gasteiger partial charge on any atom is -0.381 e. The van der Waals surface area contributed by atoms with Crippen LogP contribution in [0.5, 0.6) is 0 Å². The number of nitrogens with one attached hydrogen (secondary N) is 1. The van der Waals surface area contributed by atoms with Gasteiger partial charge in [0, 0.05) is 18.8 Å². The first-order chi connectivity index (χ1) is 8.66. The maximum Gasteiger partial charge on any atom is 0.0625 e. The first kappa shape index (κ1) is 13.6. The van der Waals surface area contributed by atoms with E-state index < -0.39 is 0 Å². The highest BCUT2D eigenvalue weighted by Gasteiger charge is 2.17. The normalized spacial score (nSPS) is 19.9. The molecule has 0 spiro atoms. The molecule has 4 heteroatoms. The van der Waals surface area contributed by atoms with Gasteiger partial charge in [-0.2, -0.15) is 5.10 Å². The average molecular weight is 251 g/mol. The molecule has 1 saturated heterocycles. The van der Waals surface area contributed by atoms with Gasteiger partial charge in [-0.25, -0.2) is 0 Å². The van der Waals surface area contributed by atoms with Crippen molar-refractivity contribution in [3.63, 3.8) is 0 Å². The lowest BCUT2D eigenvalue weighted by Crippen LogP contribution is -2.27. The van der Waals surface area contributed by atoms with Crippen molar-refractivity contribution in [2.45, 2.75) is 33.1 Å². The van der Waals surface area contributed by atoms with Crippen molar-refractivity contribution in [1.82, 2.24) is 15.1 Å². The highest BCUT2D eigenvalue weighted by molar-refractivity contribution is 5.23. The van der Waals surface area contributed by atoms with E-state index in [0.717, 1.165) is 37.8 Å². The van der Waals surface area contributed by atoms with Gasteiger partial charge in [-0.15, -0.1) is 0 Å². The van der Waals surface area contributed by atoms with Crippen molar-refractivity contribution < 1.29 is 4.74 Å². The van der Waals surface area contributed by atoms with E-state index >= 15 is 0 Å². The minimum absolute atomic E-state index is 0.743. The number of nitrogens with zero attached hydrogens (tertiary/aromatic N) is 2. The van der Waals surface area contributed by atoms with Gasteiger partial charge >= 0.3 is 0 Å². The molecule has 1 unspecified atom stereocenters. The lowest BCUT2D eigenvalue weighted by atomic mass is 10.1. The Hall–Kier alpha value is -0.870. The minimum atomic E-state index is 0.743. The lowest BCUT2D eigenvalue weighted by Gasteiger charge is -2.19. The zero-order chi connectivity index (χ0) is 13.0. The zero-order valence-electron chi connectivity index (χ0n) is 11.8. The Kier molecular flexibility index (Phi) is 4.78. The molecule has 4 nitrogen and oxygen atoms in total. The second kappa shape index (κ2) is 6.34. The molecule has 1 aromatic heterocycles. The van der Waals surface area contributed by atoms with E-state index in [9.17, 15) is 0 Å². The average Bonchev–Trinajstić information content (AvgIpc) is 2.93. The Morgan fingerprint density at radius 2 is 2.28 bits per heavy atom. The van der Waals surface area contributed by atoms with Gasteiger partial charge in [0.15, 0.2) is 0 Å². The molecule has 0 radical (unpaired) electrons. The third-order valence-corrected chi connectivity index (χ3v) is 3.84. The Labute approximate surface area is 110 Å². The fourth-order valence-corrected chi connectivity index (χ4v) is 2.73. The van der Waals surface area contributed by atoms with E-state index in [-0.39, 0.29) is 0 Å². The summed E-state index contributed by atoms with van der Waals surface area (Å²) < 4.78 is 5.41. The van der Waals surface area contributed by atoms with Gasteiger partial charge in [-0.1, -0.05) is 0 Å². The van der Waals surface area contributed by atoms with Crippen molar-refractivity contribution in [2.24, 2.45) is 5.92 Å². The highest BCUT2D eigenvalue weighted by Crippen LogP contribution is 2.15. The zero-order valence-corrected chi connectivity index (χ0v) is 11.8. The number of rotatable bonds is 6. The van der Waals surface area contributed by atoms with Crippen LogP contribution in [0.2, 0.25) is 0 Å². The van der Waals surface area contributed by atoms with Crippen LogP contribution in [0.4, 0.5) is 0 Å². The fourth-order valence-electron chi connectivity index (χ4n) is 2.73. The molecule has 0 aliphatic carbocycles. The summed E-state index contributed by atoms with van der Waals surface area (Å²) in [6.45, 7) is 8.41.